The fourth-order valence-electron chi connectivity index (χ4n) is 4.09. The number of piperidine rings is 1. The van der Waals surface area contributed by atoms with Gasteiger partial charge in [-0.3, -0.25) is 4.79 Å². The average Bonchev–Trinajstić information content (AvgIpc) is 3.30. The van der Waals surface area contributed by atoms with Gasteiger partial charge in [0, 0.05) is 49.8 Å². The summed E-state index contributed by atoms with van der Waals surface area (Å²) in [5.74, 6) is 1.59. The molecule has 4 heterocycles. The largest absolute Gasteiger partial charge is 0.342 e. The van der Waals surface area contributed by atoms with Crippen LogP contribution in [0.1, 0.15) is 55.7 Å². The molecule has 1 atom stereocenters. The van der Waals surface area contributed by atoms with Crippen LogP contribution in [0.5, 0.6) is 0 Å². The standard InChI is InChI=1S/C21H27N5O/c1-15(2)25-11-8-22-21(25)17-7-5-9-24(14-17)19(27)12-18-13-23-20-16(3)6-4-10-26(18)20/h4,6,8,10-11,13,15,17H,5,7,9,12,14H2,1-3H3/t17-/m0/s1. The molecular formula is C21H27N5O. The van der Waals surface area contributed by atoms with Gasteiger partial charge in [0.15, 0.2) is 0 Å². The molecule has 0 radical (unpaired) electrons. The van der Waals surface area contributed by atoms with E-state index >= 15 is 0 Å². The van der Waals surface area contributed by atoms with E-state index in [4.69, 9.17) is 0 Å². The van der Waals surface area contributed by atoms with Crippen molar-refractivity contribution in [1.29, 1.82) is 0 Å². The van der Waals surface area contributed by atoms with Crippen LogP contribution in [0, 0.1) is 6.92 Å². The van der Waals surface area contributed by atoms with Crippen molar-refractivity contribution in [3.8, 4) is 0 Å². The van der Waals surface area contributed by atoms with Gasteiger partial charge in [0.25, 0.3) is 0 Å². The minimum atomic E-state index is 0.172. The molecule has 3 aromatic heterocycles. The summed E-state index contributed by atoms with van der Waals surface area (Å²) in [6.45, 7) is 7.96. The molecule has 1 aliphatic rings. The Balaban J connectivity index is 1.50. The monoisotopic (exact) mass is 365 g/mol. The Morgan fingerprint density at radius 3 is 2.96 bits per heavy atom. The van der Waals surface area contributed by atoms with Crippen LogP contribution < -0.4 is 0 Å². The van der Waals surface area contributed by atoms with Crippen molar-refractivity contribution in [3.63, 3.8) is 0 Å². The predicted molar refractivity (Wildman–Crippen MR) is 105 cm³/mol. The molecule has 0 saturated carbocycles. The number of hydrogen-bond acceptors (Lipinski definition) is 3. The Labute approximate surface area is 159 Å². The lowest BCUT2D eigenvalue weighted by molar-refractivity contribution is -0.131. The van der Waals surface area contributed by atoms with Gasteiger partial charge in [-0.05, 0) is 45.2 Å². The van der Waals surface area contributed by atoms with Crippen LogP contribution in [-0.2, 0) is 11.2 Å². The molecule has 1 aliphatic heterocycles. The quantitative estimate of drug-likeness (QED) is 0.712. The number of rotatable bonds is 4. The van der Waals surface area contributed by atoms with Crippen molar-refractivity contribution in [1.82, 2.24) is 23.8 Å². The van der Waals surface area contributed by atoms with Gasteiger partial charge in [0.05, 0.1) is 12.1 Å². The molecule has 0 unspecified atom stereocenters. The van der Waals surface area contributed by atoms with Crippen molar-refractivity contribution < 1.29 is 4.79 Å². The van der Waals surface area contributed by atoms with Gasteiger partial charge in [0.1, 0.15) is 11.5 Å². The average molecular weight is 365 g/mol. The van der Waals surface area contributed by atoms with E-state index in [2.05, 4.69) is 28.4 Å². The molecular weight excluding hydrogens is 338 g/mol. The summed E-state index contributed by atoms with van der Waals surface area (Å²) in [5, 5.41) is 0. The third-order valence-corrected chi connectivity index (χ3v) is 5.53. The van der Waals surface area contributed by atoms with Crippen LogP contribution in [0.25, 0.3) is 5.65 Å². The molecule has 0 aromatic carbocycles. The van der Waals surface area contributed by atoms with Gasteiger partial charge in [-0.2, -0.15) is 0 Å². The lowest BCUT2D eigenvalue weighted by Gasteiger charge is -2.33. The first kappa shape index (κ1) is 17.8. The molecule has 0 bridgehead atoms. The third kappa shape index (κ3) is 3.36. The number of carbonyl (C=O) groups excluding carboxylic acids is 1. The molecule has 27 heavy (non-hydrogen) atoms. The Morgan fingerprint density at radius 2 is 2.15 bits per heavy atom. The van der Waals surface area contributed by atoms with Crippen LogP contribution in [0.3, 0.4) is 0 Å². The normalized spacial score (nSPS) is 17.8. The lowest BCUT2D eigenvalue weighted by Crippen LogP contribution is -2.40. The summed E-state index contributed by atoms with van der Waals surface area (Å²) in [5.41, 5.74) is 3.00. The van der Waals surface area contributed by atoms with Crippen LogP contribution in [0.2, 0.25) is 0 Å². The molecule has 142 valence electrons. The van der Waals surface area contributed by atoms with E-state index in [9.17, 15) is 4.79 Å². The van der Waals surface area contributed by atoms with Gasteiger partial charge < -0.3 is 13.9 Å². The second-order valence-corrected chi connectivity index (χ2v) is 7.78. The van der Waals surface area contributed by atoms with E-state index in [0.717, 1.165) is 48.7 Å². The minimum absolute atomic E-state index is 0.172. The maximum Gasteiger partial charge on any atom is 0.228 e. The highest BCUT2D eigenvalue weighted by Crippen LogP contribution is 2.28. The van der Waals surface area contributed by atoms with E-state index in [0.29, 0.717) is 18.4 Å². The van der Waals surface area contributed by atoms with E-state index in [1.165, 1.54) is 0 Å². The number of hydrogen-bond donors (Lipinski definition) is 0. The van der Waals surface area contributed by atoms with E-state index < -0.39 is 0 Å². The number of aryl methyl sites for hydroxylation is 1. The summed E-state index contributed by atoms with van der Waals surface area (Å²) in [6.07, 6.45) is 10.2. The molecule has 6 nitrogen and oxygen atoms in total. The molecule has 3 aromatic rings. The number of aromatic nitrogens is 4. The molecule has 0 spiro atoms. The zero-order chi connectivity index (χ0) is 19.0. The summed E-state index contributed by atoms with van der Waals surface area (Å²) in [6, 6.07) is 4.43. The zero-order valence-corrected chi connectivity index (χ0v) is 16.3. The highest BCUT2D eigenvalue weighted by Gasteiger charge is 2.28. The fourth-order valence-corrected chi connectivity index (χ4v) is 4.09. The van der Waals surface area contributed by atoms with Gasteiger partial charge >= 0.3 is 0 Å². The zero-order valence-electron chi connectivity index (χ0n) is 16.3. The first-order valence-electron chi connectivity index (χ1n) is 9.76. The molecule has 1 amide bonds. The highest BCUT2D eigenvalue weighted by molar-refractivity contribution is 5.79. The molecule has 1 saturated heterocycles. The number of carbonyl (C=O) groups is 1. The lowest BCUT2D eigenvalue weighted by atomic mass is 9.96. The first-order chi connectivity index (χ1) is 13.0. The molecule has 6 heteroatoms. The van der Waals surface area contributed by atoms with E-state index in [-0.39, 0.29) is 5.91 Å². The van der Waals surface area contributed by atoms with Gasteiger partial charge in [0.2, 0.25) is 5.91 Å². The van der Waals surface area contributed by atoms with Gasteiger partial charge in [-0.1, -0.05) is 6.07 Å². The number of amides is 1. The van der Waals surface area contributed by atoms with Crippen LogP contribution >= 0.6 is 0 Å². The maximum atomic E-state index is 13.0. The van der Waals surface area contributed by atoms with Crippen molar-refractivity contribution in [2.24, 2.45) is 0 Å². The van der Waals surface area contributed by atoms with Gasteiger partial charge in [-0.25, -0.2) is 9.97 Å². The Hall–Kier alpha value is -2.63. The maximum absolute atomic E-state index is 13.0. The van der Waals surface area contributed by atoms with Crippen LogP contribution in [0.4, 0.5) is 0 Å². The Kier molecular flexibility index (Phi) is 4.72. The predicted octanol–water partition coefficient (Wildman–Crippen LogP) is 3.37. The summed E-state index contributed by atoms with van der Waals surface area (Å²) in [7, 11) is 0. The first-order valence-corrected chi connectivity index (χ1v) is 9.76. The Morgan fingerprint density at radius 1 is 1.30 bits per heavy atom. The summed E-state index contributed by atoms with van der Waals surface area (Å²) in [4.78, 5) is 24.1. The summed E-state index contributed by atoms with van der Waals surface area (Å²) >= 11 is 0. The van der Waals surface area contributed by atoms with E-state index in [1.807, 2.05) is 53.1 Å². The second-order valence-electron chi connectivity index (χ2n) is 7.78. The minimum Gasteiger partial charge on any atom is -0.342 e. The number of likely N-dealkylation sites (tertiary alicyclic amines) is 1. The summed E-state index contributed by atoms with van der Waals surface area (Å²) < 4.78 is 4.26. The van der Waals surface area contributed by atoms with Crippen molar-refractivity contribution >= 4 is 11.6 Å². The molecule has 0 aliphatic carbocycles. The van der Waals surface area contributed by atoms with E-state index in [1.54, 1.807) is 0 Å². The molecule has 0 N–H and O–H groups in total. The number of fused-ring (bicyclic) bond motifs is 1. The Bertz CT molecular complexity index is 955. The topological polar surface area (TPSA) is 55.4 Å². The smallest absolute Gasteiger partial charge is 0.228 e. The number of nitrogens with zero attached hydrogens (tertiary/aromatic N) is 5. The number of pyridine rings is 1. The molecule has 1 fully saturated rings. The number of imidazole rings is 2. The van der Waals surface area contributed by atoms with Crippen LogP contribution in [-0.4, -0.2) is 42.8 Å². The third-order valence-electron chi connectivity index (χ3n) is 5.53. The van der Waals surface area contributed by atoms with Crippen molar-refractivity contribution in [2.45, 2.75) is 52.0 Å². The highest BCUT2D eigenvalue weighted by atomic mass is 16.2. The van der Waals surface area contributed by atoms with Crippen molar-refractivity contribution in [2.75, 3.05) is 13.1 Å². The second kappa shape index (κ2) is 7.18. The fraction of sp³-hybridized carbons (Fsp3) is 0.476. The van der Waals surface area contributed by atoms with Crippen LogP contribution in [0.15, 0.2) is 36.9 Å². The molecule has 4 rings (SSSR count). The van der Waals surface area contributed by atoms with Gasteiger partial charge in [-0.15, -0.1) is 0 Å². The SMILES string of the molecule is Cc1cccn2c(CC(=O)N3CCC[C@H](c4nccn4C(C)C)C3)cnc12. The van der Waals surface area contributed by atoms with Crippen molar-refractivity contribution in [3.05, 3.63) is 54.0 Å².